The second-order valence-corrected chi connectivity index (χ2v) is 16.6. The maximum Gasteiger partial charge on any atom is 0.288 e. The van der Waals surface area contributed by atoms with Crippen molar-refractivity contribution in [3.63, 3.8) is 0 Å². The zero-order chi connectivity index (χ0) is 45.5. The number of aromatic amines is 4. The monoisotopic (exact) mass is 948 g/mol. The molecule has 0 radical (unpaired) electrons. The highest BCUT2D eigenvalue weighted by Crippen LogP contribution is 2.39. The van der Waals surface area contributed by atoms with E-state index in [-0.39, 0.29) is 27.8 Å². The third-order valence-corrected chi connectivity index (χ3v) is 12.1. The smallest absolute Gasteiger partial charge is 0.288 e. The number of fused-ring (bicyclic) bond motifs is 2. The number of nitrogens with one attached hydrogen (secondary N) is 6. The van der Waals surface area contributed by atoms with Gasteiger partial charge in [-0.1, -0.05) is 67.8 Å². The summed E-state index contributed by atoms with van der Waals surface area (Å²) in [6.45, 7) is 11.2. The lowest BCUT2D eigenvalue weighted by atomic mass is 10.0. The average molecular weight is 949 g/mol. The number of carbonyl (C=O) groups excluding carboxylic acids is 1. The summed E-state index contributed by atoms with van der Waals surface area (Å²) in [5.41, 5.74) is 8.76. The Labute approximate surface area is 392 Å². The molecule has 0 aliphatic rings. The fourth-order valence-corrected chi connectivity index (χ4v) is 9.04. The second kappa shape index (κ2) is 20.4. The highest BCUT2D eigenvalue weighted by atomic mass is 32.2. The Bertz CT molecular complexity index is 3210. The number of hydrogen-bond acceptors (Lipinski definition) is 11. The van der Waals surface area contributed by atoms with Gasteiger partial charge in [-0.2, -0.15) is 4.98 Å². The van der Waals surface area contributed by atoms with Crippen LogP contribution in [0.4, 0.5) is 5.69 Å². The van der Waals surface area contributed by atoms with E-state index in [1.54, 1.807) is 35.6 Å². The van der Waals surface area contributed by atoms with Gasteiger partial charge in [-0.15, -0.1) is 11.8 Å². The van der Waals surface area contributed by atoms with E-state index in [4.69, 9.17) is 58.3 Å². The Kier molecular flexibility index (Phi) is 14.6. The van der Waals surface area contributed by atoms with Gasteiger partial charge in [-0.3, -0.25) is 19.6 Å². The zero-order valence-electron chi connectivity index (χ0n) is 35.0. The lowest BCUT2D eigenvalue weighted by Gasteiger charge is -2.16. The number of anilines is 1. The van der Waals surface area contributed by atoms with Crippen LogP contribution in [-0.4, -0.2) is 70.0 Å². The first kappa shape index (κ1) is 45.7. The Balaban J connectivity index is 0.000000201. The van der Waals surface area contributed by atoms with Gasteiger partial charge < -0.3 is 44.3 Å². The van der Waals surface area contributed by atoms with Gasteiger partial charge in [0, 0.05) is 33.5 Å². The standard InChI is InChI=1S/C27H25N5O2S3.C18H19N5O2S2/c1-17(18-10-12-21(33)13-11-18)24-25(37-2)22-8-3-4-9-23(22)31(24)16-34-15-28-19-6-5-7-20(14-19)32-26(35)29-30-27(32)36;1-10(25-3)8-14-11(2)12-6-4-5-7-13(12)23(14)9-19-16(24)15-20-17(26)22-18(27)21-15/h3-14,28,33H,1,15-16H2,2H3,(H,29,35)(H,30,36);4-7H,1,8-9H2,2-3H3,(H,19,24)(H2,20,21,22,26,27). The number of thioether (sulfide) groups is 1. The molecule has 4 heterocycles. The first-order valence-electron chi connectivity index (χ1n) is 19.6. The van der Waals surface area contributed by atoms with Crippen molar-refractivity contribution < 1.29 is 19.4 Å². The molecule has 0 atom stereocenters. The van der Waals surface area contributed by atoms with Crippen molar-refractivity contribution in [3.8, 4) is 11.4 Å². The molecule has 1 amide bonds. The Morgan fingerprint density at radius 3 is 2.22 bits per heavy atom. The van der Waals surface area contributed by atoms with Crippen LogP contribution in [0.5, 0.6) is 5.75 Å². The van der Waals surface area contributed by atoms with Crippen LogP contribution in [-0.2, 0) is 29.3 Å². The SMILES string of the molecule is C=C(Cc1c(C)c2ccccc2n1CNC(=O)c1nc(=S)[nH]c(=S)[nH]1)OC.C=C(c1ccc(O)cc1)c1c(SC)c2ccccc2n1COCNc1cccc(-n2c(=S)[nH][nH]c2=S)c1. The molecule has 328 valence electrons. The molecule has 8 aromatic rings. The molecular formula is C45H44N10O4S5. The molecule has 14 nitrogen and oxygen atoms in total. The number of methoxy groups -OCH3 is 1. The highest BCUT2D eigenvalue weighted by molar-refractivity contribution is 7.99. The first-order valence-corrected chi connectivity index (χ1v) is 22.5. The molecule has 0 fully saturated rings. The summed E-state index contributed by atoms with van der Waals surface area (Å²) in [5, 5.41) is 23.9. The number of phenols is 1. The quantitative estimate of drug-likeness (QED) is 0.0172. The summed E-state index contributed by atoms with van der Waals surface area (Å²) in [6.07, 6.45) is 2.61. The van der Waals surface area contributed by atoms with Crippen LogP contribution in [0.25, 0.3) is 33.1 Å². The molecule has 0 saturated carbocycles. The Morgan fingerprint density at radius 1 is 0.875 bits per heavy atom. The van der Waals surface area contributed by atoms with Crippen molar-refractivity contribution >= 4 is 99.6 Å². The van der Waals surface area contributed by atoms with Crippen LogP contribution in [0.2, 0.25) is 0 Å². The van der Waals surface area contributed by atoms with Crippen LogP contribution in [0.3, 0.4) is 0 Å². The van der Waals surface area contributed by atoms with Gasteiger partial charge in [0.05, 0.1) is 42.0 Å². The number of aromatic nitrogens is 8. The van der Waals surface area contributed by atoms with Crippen molar-refractivity contribution in [1.82, 2.24) is 44.2 Å². The first-order chi connectivity index (χ1) is 30.9. The van der Waals surface area contributed by atoms with E-state index in [0.29, 0.717) is 35.2 Å². The third-order valence-electron chi connectivity index (χ3n) is 10.3. The van der Waals surface area contributed by atoms with E-state index in [1.807, 2.05) is 78.2 Å². The molecule has 8 rings (SSSR count). The Hall–Kier alpha value is -6.35. The zero-order valence-corrected chi connectivity index (χ0v) is 39.1. The summed E-state index contributed by atoms with van der Waals surface area (Å²) < 4.78 is 18.7. The number of aryl methyl sites for hydroxylation is 1. The Morgan fingerprint density at radius 2 is 1.55 bits per heavy atom. The fourth-order valence-electron chi connectivity index (χ4n) is 7.22. The number of ether oxygens (including phenoxy) is 2. The van der Waals surface area contributed by atoms with E-state index >= 15 is 0 Å². The fraction of sp³-hybridized carbons (Fsp3) is 0.156. The second-order valence-electron chi connectivity index (χ2n) is 14.2. The number of carbonyl (C=O) groups is 1. The van der Waals surface area contributed by atoms with E-state index in [2.05, 4.69) is 78.0 Å². The summed E-state index contributed by atoms with van der Waals surface area (Å²) in [5.74, 6) is 0.545. The predicted molar refractivity (Wildman–Crippen MR) is 264 cm³/mol. The minimum Gasteiger partial charge on any atom is -0.508 e. The number of amides is 1. The normalized spacial score (nSPS) is 11.0. The maximum atomic E-state index is 12.5. The van der Waals surface area contributed by atoms with Crippen molar-refractivity contribution in [3.05, 3.63) is 163 Å². The molecular weight excluding hydrogens is 905 g/mol. The van der Waals surface area contributed by atoms with Crippen molar-refractivity contribution in [1.29, 1.82) is 0 Å². The lowest BCUT2D eigenvalue weighted by Crippen LogP contribution is -2.29. The van der Waals surface area contributed by atoms with Crippen LogP contribution in [0, 0.1) is 26.0 Å². The largest absolute Gasteiger partial charge is 0.508 e. The predicted octanol–water partition coefficient (Wildman–Crippen LogP) is 10.6. The van der Waals surface area contributed by atoms with E-state index in [0.717, 1.165) is 66.2 Å². The van der Waals surface area contributed by atoms with Gasteiger partial charge in [0.2, 0.25) is 10.6 Å². The van der Waals surface area contributed by atoms with Crippen molar-refractivity contribution in [2.45, 2.75) is 31.6 Å². The van der Waals surface area contributed by atoms with E-state index in [9.17, 15) is 9.90 Å². The number of H-pyrrole nitrogens is 4. The van der Waals surface area contributed by atoms with Crippen LogP contribution in [0.1, 0.15) is 33.1 Å². The van der Waals surface area contributed by atoms with Gasteiger partial charge in [-0.05, 0) is 121 Å². The molecule has 7 N–H and O–H groups in total. The van der Waals surface area contributed by atoms with Gasteiger partial charge in [0.15, 0.2) is 14.3 Å². The highest BCUT2D eigenvalue weighted by Gasteiger charge is 2.20. The van der Waals surface area contributed by atoms with Crippen LogP contribution >= 0.6 is 60.6 Å². The van der Waals surface area contributed by atoms with Gasteiger partial charge in [0.25, 0.3) is 5.91 Å². The molecule has 0 saturated heterocycles. The topological polar surface area (TPSA) is 171 Å². The molecule has 19 heteroatoms. The van der Waals surface area contributed by atoms with E-state index < -0.39 is 5.91 Å². The number of allylic oxidation sites excluding steroid dienone is 1. The van der Waals surface area contributed by atoms with Crippen molar-refractivity contribution in [2.75, 3.05) is 25.4 Å². The van der Waals surface area contributed by atoms with Crippen molar-refractivity contribution in [2.24, 2.45) is 0 Å². The number of para-hydroxylation sites is 2. The number of rotatable bonds is 15. The number of hydrogen-bond donors (Lipinski definition) is 7. The third kappa shape index (κ3) is 10.0. The van der Waals surface area contributed by atoms with Gasteiger partial charge in [-0.25, -0.2) is 0 Å². The molecule has 0 unspecified atom stereocenters. The molecule has 0 aliphatic heterocycles. The molecule has 4 aromatic carbocycles. The molecule has 0 aliphatic carbocycles. The molecule has 0 spiro atoms. The minimum atomic E-state index is -0.395. The number of phenolic OH excluding ortho intramolecular Hbond substituents is 1. The van der Waals surface area contributed by atoms with Crippen LogP contribution in [0.15, 0.2) is 121 Å². The van der Waals surface area contributed by atoms with Gasteiger partial charge >= 0.3 is 0 Å². The summed E-state index contributed by atoms with van der Waals surface area (Å²) in [6, 6.07) is 31.2. The number of benzene rings is 4. The number of nitrogens with zero attached hydrogens (tertiary/aromatic N) is 4. The number of aromatic hydroxyl groups is 1. The lowest BCUT2D eigenvalue weighted by molar-refractivity contribution is 0.0930. The minimum absolute atomic E-state index is 0.0692. The summed E-state index contributed by atoms with van der Waals surface area (Å²) >= 11 is 22.3. The van der Waals surface area contributed by atoms with Crippen LogP contribution < -0.4 is 10.6 Å². The van der Waals surface area contributed by atoms with E-state index in [1.165, 1.54) is 0 Å². The average Bonchev–Trinajstić information content (AvgIpc) is 3.90. The maximum absolute atomic E-state index is 12.5. The van der Waals surface area contributed by atoms with Gasteiger partial charge in [0.1, 0.15) is 19.2 Å². The summed E-state index contributed by atoms with van der Waals surface area (Å²) in [7, 11) is 1.60. The summed E-state index contributed by atoms with van der Waals surface area (Å²) in [4.78, 5) is 23.0. The molecule has 64 heavy (non-hydrogen) atoms. The molecule has 4 aromatic heterocycles. The molecule has 0 bridgehead atoms.